The Hall–Kier alpha value is -2.60. The molecule has 2 atom stereocenters. The van der Waals surface area contributed by atoms with Gasteiger partial charge in [-0.1, -0.05) is 62.8 Å². The molecule has 2 unspecified atom stereocenters. The second kappa shape index (κ2) is 16.8. The van der Waals surface area contributed by atoms with Crippen LogP contribution in [0.15, 0.2) is 46.7 Å². The molecule has 10 nitrogen and oxygen atoms in total. The van der Waals surface area contributed by atoms with Crippen molar-refractivity contribution < 1.29 is 19.6 Å². The molecule has 0 aliphatic carbocycles. The summed E-state index contributed by atoms with van der Waals surface area (Å²) in [6, 6.07) is 10.3. The molecule has 0 radical (unpaired) electrons. The van der Waals surface area contributed by atoms with Gasteiger partial charge >= 0.3 is 0 Å². The van der Waals surface area contributed by atoms with Gasteiger partial charge in [-0.15, -0.1) is 0 Å². The molecule has 2 aliphatic rings. The van der Waals surface area contributed by atoms with Gasteiger partial charge in [-0.3, -0.25) is 15.3 Å². The van der Waals surface area contributed by atoms with Crippen LogP contribution in [0.5, 0.6) is 0 Å². The Labute approximate surface area is 283 Å². The molecular formula is C31H38Cl4N6O4. The van der Waals surface area contributed by atoms with Crippen molar-refractivity contribution in [2.75, 3.05) is 39.8 Å². The zero-order valence-electron chi connectivity index (χ0n) is 25.0. The second-order valence-electron chi connectivity index (χ2n) is 11.4. The van der Waals surface area contributed by atoms with Crippen LogP contribution in [0.2, 0.25) is 20.1 Å². The van der Waals surface area contributed by atoms with Crippen molar-refractivity contribution >= 4 is 70.1 Å². The van der Waals surface area contributed by atoms with Crippen LogP contribution in [-0.2, 0) is 9.63 Å². The predicted molar refractivity (Wildman–Crippen MR) is 179 cm³/mol. The number of likely N-dealkylation sites (tertiary alicyclic amines) is 2. The number of rotatable bonds is 12. The molecule has 2 fully saturated rings. The average molecular weight is 700 g/mol. The molecule has 0 aromatic heterocycles. The third-order valence-corrected chi connectivity index (χ3v) is 9.38. The van der Waals surface area contributed by atoms with Crippen molar-refractivity contribution in [2.24, 2.45) is 16.0 Å². The van der Waals surface area contributed by atoms with Gasteiger partial charge in [-0.25, -0.2) is 0 Å². The van der Waals surface area contributed by atoms with Crippen LogP contribution in [0.3, 0.4) is 0 Å². The molecule has 0 saturated carbocycles. The first-order chi connectivity index (χ1) is 21.5. The smallest absolute Gasteiger partial charge is 0.254 e. The molecular weight excluding hydrogens is 662 g/mol. The first-order valence-corrected chi connectivity index (χ1v) is 16.4. The number of carbonyl (C=O) groups is 2. The van der Waals surface area contributed by atoms with E-state index >= 15 is 0 Å². The van der Waals surface area contributed by atoms with Gasteiger partial charge in [0.1, 0.15) is 6.21 Å². The third-order valence-electron chi connectivity index (χ3n) is 8.20. The van der Waals surface area contributed by atoms with Gasteiger partial charge < -0.3 is 24.7 Å². The Bertz CT molecular complexity index is 1380. The molecule has 2 aromatic rings. The first kappa shape index (κ1) is 35.3. The Morgan fingerprint density at radius 3 is 2.44 bits per heavy atom. The Morgan fingerprint density at radius 1 is 1.09 bits per heavy atom. The van der Waals surface area contributed by atoms with E-state index in [0.29, 0.717) is 44.2 Å². The van der Waals surface area contributed by atoms with Crippen LogP contribution in [0.25, 0.3) is 0 Å². The van der Waals surface area contributed by atoms with Gasteiger partial charge in [-0.05, 0) is 74.5 Å². The Morgan fingerprint density at radius 2 is 1.80 bits per heavy atom. The average Bonchev–Trinajstić information content (AvgIpc) is 3.01. The number of piperidine rings is 2. The lowest BCUT2D eigenvalue weighted by atomic mass is 9.89. The van der Waals surface area contributed by atoms with E-state index < -0.39 is 6.23 Å². The van der Waals surface area contributed by atoms with E-state index in [1.54, 1.807) is 37.4 Å². The highest BCUT2D eigenvalue weighted by molar-refractivity contribution is 6.42. The molecule has 14 heteroatoms. The first-order valence-electron chi connectivity index (χ1n) is 14.9. The van der Waals surface area contributed by atoms with Gasteiger partial charge in [0.2, 0.25) is 12.1 Å². The van der Waals surface area contributed by atoms with Crippen LogP contribution >= 0.6 is 46.4 Å². The van der Waals surface area contributed by atoms with Crippen LogP contribution in [0, 0.1) is 0 Å². The largest absolute Gasteiger partial charge is 0.411 e. The van der Waals surface area contributed by atoms with Crippen molar-refractivity contribution in [2.45, 2.75) is 56.7 Å². The molecule has 0 spiro atoms. The minimum Gasteiger partial charge on any atom is -0.411 e. The zero-order chi connectivity index (χ0) is 32.5. The summed E-state index contributed by atoms with van der Waals surface area (Å²) >= 11 is 25.0. The lowest BCUT2D eigenvalue weighted by Gasteiger charge is -2.40. The fourth-order valence-electron chi connectivity index (χ4n) is 5.87. The number of hydrogen-bond acceptors (Lipinski definition) is 8. The van der Waals surface area contributed by atoms with Crippen LogP contribution < -0.4 is 5.73 Å². The zero-order valence-corrected chi connectivity index (χ0v) is 28.1. The van der Waals surface area contributed by atoms with Gasteiger partial charge in [0.05, 0.1) is 22.3 Å². The normalized spacial score (nSPS) is 18.3. The van der Waals surface area contributed by atoms with Crippen LogP contribution in [-0.4, -0.2) is 95.7 Å². The Balaban J connectivity index is 1.56. The highest BCUT2D eigenvalue weighted by Crippen LogP contribution is 2.31. The number of carbonyl (C=O) groups excluding carboxylic acids is 2. The van der Waals surface area contributed by atoms with Crippen molar-refractivity contribution in [3.63, 3.8) is 0 Å². The molecule has 3 N–H and O–H groups in total. The van der Waals surface area contributed by atoms with Gasteiger partial charge in [0.25, 0.3) is 5.91 Å². The quantitative estimate of drug-likeness (QED) is 0.119. The molecule has 2 aromatic carbocycles. The molecule has 2 aliphatic heterocycles. The van der Waals surface area contributed by atoms with E-state index in [2.05, 4.69) is 20.1 Å². The summed E-state index contributed by atoms with van der Waals surface area (Å²) in [6.07, 6.45) is 5.01. The minimum absolute atomic E-state index is 0.0655. The van der Waals surface area contributed by atoms with E-state index in [4.69, 9.17) is 62.2 Å². The number of benzene rings is 2. The predicted octanol–water partition coefficient (Wildman–Crippen LogP) is 6.14. The number of halogens is 4. The summed E-state index contributed by atoms with van der Waals surface area (Å²) in [6.45, 7) is 3.35. The summed E-state index contributed by atoms with van der Waals surface area (Å²) < 4.78 is 0. The third kappa shape index (κ3) is 9.94. The summed E-state index contributed by atoms with van der Waals surface area (Å²) in [4.78, 5) is 37.3. The van der Waals surface area contributed by atoms with Crippen molar-refractivity contribution in [3.05, 3.63) is 67.6 Å². The molecule has 2 amide bonds. The Kier molecular flexibility index (Phi) is 13.2. The summed E-state index contributed by atoms with van der Waals surface area (Å²) in [5.74, 6) is -0.406. The molecule has 2 saturated heterocycles. The lowest BCUT2D eigenvalue weighted by Crippen LogP contribution is -2.49. The lowest BCUT2D eigenvalue weighted by molar-refractivity contribution is -0.136. The second-order valence-corrected chi connectivity index (χ2v) is 13.1. The van der Waals surface area contributed by atoms with Crippen LogP contribution in [0.1, 0.15) is 60.4 Å². The topological polar surface area (TPSA) is 124 Å². The van der Waals surface area contributed by atoms with E-state index in [1.165, 1.54) is 4.90 Å². The fourth-order valence-corrected chi connectivity index (χ4v) is 6.70. The van der Waals surface area contributed by atoms with Gasteiger partial charge in [-0.2, -0.15) is 0 Å². The van der Waals surface area contributed by atoms with E-state index in [9.17, 15) is 9.59 Å². The molecule has 2 heterocycles. The van der Waals surface area contributed by atoms with E-state index in [1.807, 2.05) is 6.07 Å². The summed E-state index contributed by atoms with van der Waals surface area (Å²) in [5, 5.41) is 17.7. The van der Waals surface area contributed by atoms with Crippen molar-refractivity contribution in [1.82, 2.24) is 14.7 Å². The highest BCUT2D eigenvalue weighted by Gasteiger charge is 2.30. The van der Waals surface area contributed by atoms with Gasteiger partial charge in [0, 0.05) is 60.7 Å². The monoisotopic (exact) mass is 698 g/mol. The maximum absolute atomic E-state index is 13.4. The number of nitrogens with two attached hydrogens (primary N) is 1. The molecule has 45 heavy (non-hydrogen) atoms. The SMILES string of the molecule is CN(C/C(=N\OC(N)/C=N/O)C(CCN1CCC(N2CCCCC2=O)CC1)c1ccc(Cl)c(Cl)c1)C(=O)c1cc(Cl)cc(Cl)c1. The maximum atomic E-state index is 13.4. The van der Waals surface area contributed by atoms with E-state index in [0.717, 1.165) is 63.6 Å². The molecule has 0 bridgehead atoms. The number of hydrogen-bond donors (Lipinski definition) is 2. The number of amides is 2. The van der Waals surface area contributed by atoms with Crippen molar-refractivity contribution in [1.29, 1.82) is 0 Å². The summed E-state index contributed by atoms with van der Waals surface area (Å²) in [5.41, 5.74) is 7.53. The standard InChI is InChI=1S/C31H38Cl4N6O4/c1-39(31(43)21-14-22(32)17-23(33)15-21)19-28(38-45-29(36)18-37-44)25(20-5-6-26(34)27(35)16-20)9-13-40-11-7-24(8-12-40)41-10-3-2-4-30(41)42/h5-6,14-18,24-25,29,44H,2-4,7-13,19,36H2,1H3/b37-18+,38-28+. The highest BCUT2D eigenvalue weighted by atomic mass is 35.5. The van der Waals surface area contributed by atoms with Crippen molar-refractivity contribution in [3.8, 4) is 0 Å². The number of nitrogens with zero attached hydrogens (tertiary/aromatic N) is 5. The summed E-state index contributed by atoms with van der Waals surface area (Å²) in [7, 11) is 1.64. The molecule has 244 valence electrons. The van der Waals surface area contributed by atoms with E-state index in [-0.39, 0.29) is 30.3 Å². The molecule has 4 rings (SSSR count). The fraction of sp³-hybridized carbons (Fsp3) is 0.484. The minimum atomic E-state index is -1.12. The van der Waals surface area contributed by atoms with Crippen LogP contribution in [0.4, 0.5) is 0 Å². The van der Waals surface area contributed by atoms with Gasteiger partial charge in [0.15, 0.2) is 0 Å². The maximum Gasteiger partial charge on any atom is 0.254 e. The number of oxime groups is 2.